The molecule has 3 atom stereocenters. The third-order valence-corrected chi connectivity index (χ3v) is 4.40. The van der Waals surface area contributed by atoms with Crippen LogP contribution in [-0.4, -0.2) is 53.8 Å². The van der Waals surface area contributed by atoms with Gasteiger partial charge in [-0.15, -0.1) is 0 Å². The highest BCUT2D eigenvalue weighted by atomic mass is 16.6. The third kappa shape index (κ3) is 5.79. The second kappa shape index (κ2) is 8.21. The van der Waals surface area contributed by atoms with Crippen molar-refractivity contribution in [2.75, 3.05) is 20.3 Å². The smallest absolute Gasteiger partial charge is 0.329 e. The maximum absolute atomic E-state index is 13.1. The van der Waals surface area contributed by atoms with E-state index in [1.807, 2.05) is 76.8 Å². The highest BCUT2D eigenvalue weighted by Gasteiger charge is 2.64. The Morgan fingerprint density at radius 2 is 1.61 bits per heavy atom. The fourth-order valence-corrected chi connectivity index (χ4v) is 3.26. The van der Waals surface area contributed by atoms with Crippen molar-refractivity contribution < 1.29 is 23.8 Å². The van der Waals surface area contributed by atoms with E-state index in [2.05, 4.69) is 0 Å². The SMILES string of the molecule is COC[C@@H](c1ccccc1)N1C[C@]1(CC(=O)OC(C)(C)C)C(=O)OC(C)(C)C. The molecule has 1 aromatic carbocycles. The first-order valence-electron chi connectivity index (χ1n) is 9.64. The monoisotopic (exact) mass is 391 g/mol. The fraction of sp³-hybridized carbons (Fsp3) is 0.636. The van der Waals surface area contributed by atoms with Crippen molar-refractivity contribution in [2.24, 2.45) is 0 Å². The molecule has 1 unspecified atom stereocenters. The van der Waals surface area contributed by atoms with Gasteiger partial charge in [0, 0.05) is 13.7 Å². The molecule has 0 radical (unpaired) electrons. The molecule has 28 heavy (non-hydrogen) atoms. The molecule has 1 aliphatic heterocycles. The molecule has 0 N–H and O–H groups in total. The van der Waals surface area contributed by atoms with Gasteiger partial charge in [-0.25, -0.2) is 4.79 Å². The van der Waals surface area contributed by atoms with Crippen LogP contribution in [0.3, 0.4) is 0 Å². The number of carbonyl (C=O) groups excluding carboxylic acids is 2. The predicted octanol–water partition coefficient (Wildman–Crippen LogP) is 3.50. The number of hydrogen-bond acceptors (Lipinski definition) is 6. The van der Waals surface area contributed by atoms with Gasteiger partial charge in [0.1, 0.15) is 16.7 Å². The van der Waals surface area contributed by atoms with Gasteiger partial charge in [0.25, 0.3) is 0 Å². The highest BCUT2D eigenvalue weighted by molar-refractivity contribution is 5.90. The zero-order chi connectivity index (χ0) is 21.2. The van der Waals surface area contributed by atoms with Crippen LogP contribution >= 0.6 is 0 Å². The zero-order valence-corrected chi connectivity index (χ0v) is 18.1. The summed E-state index contributed by atoms with van der Waals surface area (Å²) in [6.45, 7) is 11.7. The summed E-state index contributed by atoms with van der Waals surface area (Å²) in [5.41, 5.74) is -1.26. The van der Waals surface area contributed by atoms with E-state index in [1.54, 1.807) is 7.11 Å². The molecule has 0 amide bonds. The van der Waals surface area contributed by atoms with Gasteiger partial charge in [-0.2, -0.15) is 0 Å². The number of rotatable bonds is 7. The second-order valence-electron chi connectivity index (χ2n) is 9.31. The molecule has 1 aromatic rings. The molecule has 2 rings (SSSR count). The number of methoxy groups -OCH3 is 1. The van der Waals surface area contributed by atoms with E-state index in [-0.39, 0.29) is 12.5 Å². The number of esters is 2. The van der Waals surface area contributed by atoms with Gasteiger partial charge in [-0.05, 0) is 47.1 Å². The molecule has 0 saturated carbocycles. The Balaban J connectivity index is 2.30. The van der Waals surface area contributed by atoms with Crippen LogP contribution in [0.25, 0.3) is 0 Å². The molecule has 1 saturated heterocycles. The van der Waals surface area contributed by atoms with Gasteiger partial charge in [-0.1, -0.05) is 30.3 Å². The number of hydrogen-bond donors (Lipinski definition) is 0. The van der Waals surface area contributed by atoms with E-state index < -0.39 is 28.7 Å². The van der Waals surface area contributed by atoms with Crippen LogP contribution in [0.15, 0.2) is 30.3 Å². The first kappa shape index (κ1) is 22.4. The molecule has 0 bridgehead atoms. The first-order chi connectivity index (χ1) is 12.9. The molecule has 0 spiro atoms. The molecule has 156 valence electrons. The Morgan fingerprint density at radius 1 is 1.04 bits per heavy atom. The lowest BCUT2D eigenvalue weighted by Crippen LogP contribution is -2.41. The quantitative estimate of drug-likeness (QED) is 0.524. The summed E-state index contributed by atoms with van der Waals surface area (Å²) in [5.74, 6) is -0.812. The molecule has 0 aliphatic carbocycles. The maximum atomic E-state index is 13.1. The third-order valence-electron chi connectivity index (χ3n) is 4.40. The molecule has 1 fully saturated rings. The van der Waals surface area contributed by atoms with Crippen molar-refractivity contribution in [3.05, 3.63) is 35.9 Å². The van der Waals surface area contributed by atoms with Crippen molar-refractivity contribution in [3.63, 3.8) is 0 Å². The number of carbonyl (C=O) groups is 2. The molecule has 1 aliphatic rings. The first-order valence-corrected chi connectivity index (χ1v) is 9.64. The summed E-state index contributed by atoms with van der Waals surface area (Å²) in [6.07, 6.45) is -0.0494. The largest absolute Gasteiger partial charge is 0.460 e. The molecule has 6 heteroatoms. The number of benzene rings is 1. The van der Waals surface area contributed by atoms with Crippen molar-refractivity contribution in [2.45, 2.75) is 70.7 Å². The molecule has 6 nitrogen and oxygen atoms in total. The van der Waals surface area contributed by atoms with Crippen LogP contribution in [0, 0.1) is 0 Å². The molecular weight excluding hydrogens is 358 g/mol. The van der Waals surface area contributed by atoms with E-state index in [4.69, 9.17) is 14.2 Å². The maximum Gasteiger partial charge on any atom is 0.329 e. The van der Waals surface area contributed by atoms with Gasteiger partial charge in [-0.3, -0.25) is 9.69 Å². The van der Waals surface area contributed by atoms with E-state index in [0.717, 1.165) is 5.56 Å². The fourth-order valence-electron chi connectivity index (χ4n) is 3.26. The zero-order valence-electron chi connectivity index (χ0n) is 18.1. The Hall–Kier alpha value is -1.92. The number of nitrogens with zero attached hydrogens (tertiary/aromatic N) is 1. The van der Waals surface area contributed by atoms with E-state index >= 15 is 0 Å². The van der Waals surface area contributed by atoms with E-state index in [1.165, 1.54) is 0 Å². The van der Waals surface area contributed by atoms with Crippen molar-refractivity contribution in [1.29, 1.82) is 0 Å². The average Bonchev–Trinajstić information content (AvgIpc) is 3.25. The minimum Gasteiger partial charge on any atom is -0.460 e. The molecule has 1 heterocycles. The predicted molar refractivity (Wildman–Crippen MR) is 107 cm³/mol. The lowest BCUT2D eigenvalue weighted by Gasteiger charge is -2.28. The average molecular weight is 392 g/mol. The van der Waals surface area contributed by atoms with Gasteiger partial charge < -0.3 is 14.2 Å². The van der Waals surface area contributed by atoms with Gasteiger partial charge in [0.05, 0.1) is 19.1 Å². The topological polar surface area (TPSA) is 64.8 Å². The minimum absolute atomic E-state index is 0.0494. The lowest BCUT2D eigenvalue weighted by molar-refractivity contribution is -0.167. The summed E-state index contributed by atoms with van der Waals surface area (Å²) in [6, 6.07) is 9.68. The van der Waals surface area contributed by atoms with Crippen molar-refractivity contribution >= 4 is 11.9 Å². The van der Waals surface area contributed by atoms with Gasteiger partial charge in [0.2, 0.25) is 0 Å². The van der Waals surface area contributed by atoms with E-state index in [9.17, 15) is 9.59 Å². The van der Waals surface area contributed by atoms with Crippen LogP contribution < -0.4 is 0 Å². The number of ether oxygens (including phenoxy) is 3. The van der Waals surface area contributed by atoms with Gasteiger partial charge in [0.15, 0.2) is 0 Å². The summed E-state index contributed by atoms with van der Waals surface area (Å²) >= 11 is 0. The van der Waals surface area contributed by atoms with Crippen molar-refractivity contribution in [1.82, 2.24) is 4.90 Å². The molecule has 0 aromatic heterocycles. The summed E-state index contributed by atoms with van der Waals surface area (Å²) in [4.78, 5) is 27.6. The molecular formula is C22H33NO5. The normalized spacial score (nSPS) is 23.0. The summed E-state index contributed by atoms with van der Waals surface area (Å²) in [5, 5.41) is 0. The van der Waals surface area contributed by atoms with Crippen LogP contribution in [0.5, 0.6) is 0 Å². The Bertz CT molecular complexity index is 689. The second-order valence-corrected chi connectivity index (χ2v) is 9.31. The standard InChI is InChI=1S/C22H33NO5/c1-20(2,3)27-18(24)13-22(19(25)28-21(4,5)6)15-23(22)17(14-26-7)16-11-9-8-10-12-16/h8-12,17H,13-15H2,1-7H3/t17-,22+,23?/m0/s1. The van der Waals surface area contributed by atoms with Crippen LogP contribution in [0.4, 0.5) is 0 Å². The summed E-state index contributed by atoms with van der Waals surface area (Å²) < 4.78 is 16.6. The van der Waals surface area contributed by atoms with Crippen molar-refractivity contribution in [3.8, 4) is 0 Å². The summed E-state index contributed by atoms with van der Waals surface area (Å²) in [7, 11) is 1.63. The Labute approximate surface area is 168 Å². The van der Waals surface area contributed by atoms with Crippen LogP contribution in [-0.2, 0) is 23.8 Å². The Morgan fingerprint density at radius 3 is 2.11 bits per heavy atom. The minimum atomic E-state index is -1.03. The lowest BCUT2D eigenvalue weighted by atomic mass is 10.0. The highest BCUT2D eigenvalue weighted by Crippen LogP contribution is 2.45. The van der Waals surface area contributed by atoms with Crippen LogP contribution in [0.1, 0.15) is 59.6 Å². The van der Waals surface area contributed by atoms with Crippen LogP contribution in [0.2, 0.25) is 0 Å². The van der Waals surface area contributed by atoms with Gasteiger partial charge >= 0.3 is 11.9 Å². The van der Waals surface area contributed by atoms with E-state index in [0.29, 0.717) is 13.2 Å². The Kier molecular flexibility index (Phi) is 6.56.